The molecule has 8 nitrogen and oxygen atoms in total. The van der Waals surface area contributed by atoms with Crippen LogP contribution in [-0.4, -0.2) is 55.0 Å². The smallest absolute Gasteiger partial charge is 0.303 e. The summed E-state index contributed by atoms with van der Waals surface area (Å²) in [7, 11) is 3.93. The monoisotopic (exact) mass is 590 g/mol. The summed E-state index contributed by atoms with van der Waals surface area (Å²) in [6, 6.07) is 20.7. The van der Waals surface area contributed by atoms with Crippen molar-refractivity contribution in [3.8, 4) is 0 Å². The van der Waals surface area contributed by atoms with Crippen LogP contribution in [0.4, 0.5) is 17.1 Å². The molecule has 0 unspecified atom stereocenters. The predicted octanol–water partition coefficient (Wildman–Crippen LogP) is 5.31. The fourth-order valence-corrected chi connectivity index (χ4v) is 4.80. The zero-order valence-electron chi connectivity index (χ0n) is 22.1. The summed E-state index contributed by atoms with van der Waals surface area (Å²) < 4.78 is 0.854. The van der Waals surface area contributed by atoms with Gasteiger partial charge in [0.05, 0.1) is 17.0 Å². The Labute approximate surface area is 236 Å². The molecular formula is C30H31BrN4O4. The Morgan fingerprint density at radius 2 is 1.74 bits per heavy atom. The number of nitrogens with zero attached hydrogens (tertiary/aromatic N) is 2. The SMILES string of the molecule is CC(=O)N(CCN(C)C)c1ccc(N/C(=C2\C(=O)Nc3cc(Br)ccc32)c2cccc(CCC(=O)O)c2)cc1. The second-order valence-electron chi connectivity index (χ2n) is 9.63. The number of aryl methyl sites for hydroxylation is 1. The minimum Gasteiger partial charge on any atom is -0.481 e. The fourth-order valence-electron chi connectivity index (χ4n) is 4.44. The number of hydrogen-bond donors (Lipinski definition) is 3. The molecule has 4 rings (SSSR count). The van der Waals surface area contributed by atoms with Crippen molar-refractivity contribution in [2.75, 3.05) is 42.7 Å². The quantitative estimate of drug-likeness (QED) is 0.276. The number of fused-ring (bicyclic) bond motifs is 1. The summed E-state index contributed by atoms with van der Waals surface area (Å²) in [6.07, 6.45) is 0.395. The number of hydrogen-bond acceptors (Lipinski definition) is 5. The Hall–Kier alpha value is -3.95. The summed E-state index contributed by atoms with van der Waals surface area (Å²) >= 11 is 3.46. The molecule has 3 N–H and O–H groups in total. The number of benzene rings is 3. The maximum Gasteiger partial charge on any atom is 0.303 e. The Kier molecular flexibility index (Phi) is 8.83. The summed E-state index contributed by atoms with van der Waals surface area (Å²) in [5, 5.41) is 15.5. The van der Waals surface area contributed by atoms with Crippen molar-refractivity contribution in [3.05, 3.63) is 87.9 Å². The topological polar surface area (TPSA) is 102 Å². The lowest BCUT2D eigenvalue weighted by atomic mass is 9.97. The van der Waals surface area contributed by atoms with Crippen LogP contribution in [-0.2, 0) is 20.8 Å². The summed E-state index contributed by atoms with van der Waals surface area (Å²) in [5.74, 6) is -1.13. The van der Waals surface area contributed by atoms with Gasteiger partial charge in [0.1, 0.15) is 0 Å². The maximum absolute atomic E-state index is 13.2. The minimum atomic E-state index is -0.864. The van der Waals surface area contributed by atoms with E-state index in [0.717, 1.165) is 39.1 Å². The molecule has 2 amide bonds. The highest BCUT2D eigenvalue weighted by Gasteiger charge is 2.28. The van der Waals surface area contributed by atoms with Crippen molar-refractivity contribution in [1.82, 2.24) is 4.90 Å². The van der Waals surface area contributed by atoms with Crippen LogP contribution in [0.5, 0.6) is 0 Å². The zero-order valence-corrected chi connectivity index (χ0v) is 23.7. The van der Waals surface area contributed by atoms with Gasteiger partial charge in [-0.1, -0.05) is 40.2 Å². The van der Waals surface area contributed by atoms with E-state index in [-0.39, 0.29) is 18.2 Å². The van der Waals surface area contributed by atoms with E-state index >= 15 is 0 Å². The average molecular weight is 592 g/mol. The molecule has 202 valence electrons. The van der Waals surface area contributed by atoms with E-state index in [2.05, 4.69) is 26.6 Å². The molecule has 0 saturated heterocycles. The van der Waals surface area contributed by atoms with Crippen molar-refractivity contribution < 1.29 is 19.5 Å². The van der Waals surface area contributed by atoms with E-state index in [0.29, 0.717) is 29.9 Å². The van der Waals surface area contributed by atoms with Gasteiger partial charge in [-0.25, -0.2) is 0 Å². The number of halogens is 1. The lowest BCUT2D eigenvalue weighted by molar-refractivity contribution is -0.137. The molecule has 0 radical (unpaired) electrons. The van der Waals surface area contributed by atoms with Gasteiger partial charge in [-0.3, -0.25) is 14.4 Å². The van der Waals surface area contributed by atoms with Gasteiger partial charge < -0.3 is 25.5 Å². The molecule has 0 atom stereocenters. The van der Waals surface area contributed by atoms with Gasteiger partial charge in [0, 0.05) is 47.8 Å². The number of carboxylic acid groups (broad SMARTS) is 1. The molecule has 39 heavy (non-hydrogen) atoms. The van der Waals surface area contributed by atoms with E-state index in [9.17, 15) is 14.4 Å². The maximum atomic E-state index is 13.2. The van der Waals surface area contributed by atoms with Crippen molar-refractivity contribution in [3.63, 3.8) is 0 Å². The number of likely N-dealkylation sites (N-methyl/N-ethyl adjacent to an activating group) is 1. The van der Waals surface area contributed by atoms with Crippen LogP contribution in [0.2, 0.25) is 0 Å². The molecule has 0 fully saturated rings. The van der Waals surface area contributed by atoms with Crippen LogP contribution >= 0.6 is 15.9 Å². The van der Waals surface area contributed by atoms with E-state index in [4.69, 9.17) is 5.11 Å². The molecule has 1 aliphatic heterocycles. The summed E-state index contributed by atoms with van der Waals surface area (Å²) in [6.45, 7) is 2.86. The molecule has 3 aromatic carbocycles. The fraction of sp³-hybridized carbons (Fsp3) is 0.233. The number of amides is 2. The molecule has 0 aromatic heterocycles. The number of anilines is 3. The lowest BCUT2D eigenvalue weighted by Crippen LogP contribution is -2.35. The molecular weight excluding hydrogens is 560 g/mol. The molecule has 9 heteroatoms. The van der Waals surface area contributed by atoms with Gasteiger partial charge >= 0.3 is 5.97 Å². The van der Waals surface area contributed by atoms with E-state index in [1.165, 1.54) is 0 Å². The molecule has 0 saturated carbocycles. The predicted molar refractivity (Wildman–Crippen MR) is 159 cm³/mol. The molecule has 0 bridgehead atoms. The Bertz CT molecular complexity index is 1430. The molecule has 0 aliphatic carbocycles. The Morgan fingerprint density at radius 3 is 2.41 bits per heavy atom. The van der Waals surface area contributed by atoms with Gasteiger partial charge in [-0.2, -0.15) is 0 Å². The third-order valence-electron chi connectivity index (χ3n) is 6.42. The normalized spacial score (nSPS) is 13.6. The van der Waals surface area contributed by atoms with Crippen LogP contribution in [0, 0.1) is 0 Å². The highest BCUT2D eigenvalue weighted by atomic mass is 79.9. The van der Waals surface area contributed by atoms with Gasteiger partial charge in [0.25, 0.3) is 5.91 Å². The number of carbonyl (C=O) groups is 3. The minimum absolute atomic E-state index is 0.0159. The van der Waals surface area contributed by atoms with Crippen LogP contribution in [0.25, 0.3) is 11.3 Å². The first-order chi connectivity index (χ1) is 18.6. The number of nitrogens with one attached hydrogen (secondary N) is 2. The number of carboxylic acids is 1. The van der Waals surface area contributed by atoms with E-state index in [1.807, 2.05) is 85.7 Å². The molecule has 0 spiro atoms. The number of aliphatic carboxylic acids is 1. The zero-order chi connectivity index (χ0) is 28.1. The summed E-state index contributed by atoms with van der Waals surface area (Å²) in [5.41, 5.74) is 5.73. The van der Waals surface area contributed by atoms with E-state index in [1.54, 1.807) is 11.8 Å². The number of rotatable bonds is 10. The first kappa shape index (κ1) is 28.1. The highest BCUT2D eigenvalue weighted by molar-refractivity contribution is 9.10. The van der Waals surface area contributed by atoms with Crippen molar-refractivity contribution in [2.45, 2.75) is 19.8 Å². The van der Waals surface area contributed by atoms with Gasteiger partial charge in [-0.15, -0.1) is 0 Å². The van der Waals surface area contributed by atoms with Gasteiger partial charge in [0.15, 0.2) is 0 Å². The molecule has 1 aliphatic rings. The van der Waals surface area contributed by atoms with Gasteiger partial charge in [0.2, 0.25) is 5.91 Å². The largest absolute Gasteiger partial charge is 0.481 e. The number of carbonyl (C=O) groups excluding carboxylic acids is 2. The van der Waals surface area contributed by atoms with Crippen LogP contribution < -0.4 is 15.5 Å². The first-order valence-electron chi connectivity index (χ1n) is 12.6. The summed E-state index contributed by atoms with van der Waals surface area (Å²) in [4.78, 5) is 40.4. The second kappa shape index (κ2) is 12.3. The highest BCUT2D eigenvalue weighted by Crippen LogP contribution is 2.39. The standard InChI is InChI=1S/C30H31BrN4O4/c1-19(36)35(16-15-34(2)3)24-11-9-23(10-12-24)32-29(21-6-4-5-20(17-21)7-14-27(37)38)28-25-13-8-22(31)18-26(25)33-30(28)39/h4-6,8-13,17-18,32H,7,14-16H2,1-3H3,(H,33,39)(H,37,38)/b29-28-. The average Bonchev–Trinajstić information content (AvgIpc) is 3.21. The second-order valence-corrected chi connectivity index (χ2v) is 10.5. The first-order valence-corrected chi connectivity index (χ1v) is 13.4. The Morgan fingerprint density at radius 1 is 1.00 bits per heavy atom. The van der Waals surface area contributed by atoms with Crippen LogP contribution in [0.1, 0.15) is 30.0 Å². The lowest BCUT2D eigenvalue weighted by Gasteiger charge is -2.23. The third kappa shape index (κ3) is 6.93. The Balaban J connectivity index is 1.74. The van der Waals surface area contributed by atoms with Crippen molar-refractivity contribution in [2.24, 2.45) is 0 Å². The van der Waals surface area contributed by atoms with Crippen LogP contribution in [0.15, 0.2) is 71.2 Å². The molecule has 3 aromatic rings. The molecule has 1 heterocycles. The van der Waals surface area contributed by atoms with E-state index < -0.39 is 5.97 Å². The van der Waals surface area contributed by atoms with Crippen molar-refractivity contribution >= 4 is 62.0 Å². The van der Waals surface area contributed by atoms with Gasteiger partial charge in [-0.05, 0) is 74.1 Å². The third-order valence-corrected chi connectivity index (χ3v) is 6.91. The van der Waals surface area contributed by atoms with Crippen LogP contribution in [0.3, 0.4) is 0 Å². The van der Waals surface area contributed by atoms with Crippen molar-refractivity contribution in [1.29, 1.82) is 0 Å².